The Morgan fingerprint density at radius 1 is 1.53 bits per heavy atom. The number of amides is 1. The molecule has 5 nitrogen and oxygen atoms in total. The lowest BCUT2D eigenvalue weighted by Gasteiger charge is -2.32. The summed E-state index contributed by atoms with van der Waals surface area (Å²) in [5.41, 5.74) is 0. The number of carbonyl (C=O) groups is 1. The molecule has 2 N–H and O–H groups in total. The molecule has 2 unspecified atom stereocenters. The molecule has 19 heavy (non-hydrogen) atoms. The predicted molar refractivity (Wildman–Crippen MR) is 77.2 cm³/mol. The number of nitrogens with zero attached hydrogens (tertiary/aromatic N) is 1. The topological polar surface area (TPSA) is 53.6 Å². The lowest BCUT2D eigenvalue weighted by atomic mass is 9.98. The summed E-state index contributed by atoms with van der Waals surface area (Å²) in [6.45, 7) is 9.32. The Kier molecular flexibility index (Phi) is 8.02. The third-order valence-corrected chi connectivity index (χ3v) is 3.48. The molecular formula is C14H29N3O2. The maximum absolute atomic E-state index is 11.9. The number of likely N-dealkylation sites (tertiary alicyclic amines) is 1. The first kappa shape index (κ1) is 16.4. The van der Waals surface area contributed by atoms with Crippen molar-refractivity contribution in [1.29, 1.82) is 0 Å². The van der Waals surface area contributed by atoms with Gasteiger partial charge in [-0.15, -0.1) is 0 Å². The average Bonchev–Trinajstić information content (AvgIpc) is 2.36. The van der Waals surface area contributed by atoms with Crippen LogP contribution in [0.15, 0.2) is 0 Å². The van der Waals surface area contributed by atoms with Crippen molar-refractivity contribution in [3.8, 4) is 0 Å². The van der Waals surface area contributed by atoms with Gasteiger partial charge in [0.2, 0.25) is 5.91 Å². The van der Waals surface area contributed by atoms with Gasteiger partial charge in [-0.2, -0.15) is 0 Å². The van der Waals surface area contributed by atoms with Gasteiger partial charge < -0.3 is 15.4 Å². The molecule has 0 aromatic rings. The van der Waals surface area contributed by atoms with Gasteiger partial charge in [-0.25, -0.2) is 0 Å². The second-order valence-corrected chi connectivity index (χ2v) is 5.47. The van der Waals surface area contributed by atoms with Crippen LogP contribution in [0.25, 0.3) is 0 Å². The lowest BCUT2D eigenvalue weighted by Crippen LogP contribution is -2.46. The molecular weight excluding hydrogens is 242 g/mol. The predicted octanol–water partition coefficient (Wildman–Crippen LogP) is 0.459. The van der Waals surface area contributed by atoms with E-state index in [1.807, 2.05) is 6.92 Å². The van der Waals surface area contributed by atoms with E-state index in [0.717, 1.165) is 26.2 Å². The quantitative estimate of drug-likeness (QED) is 0.673. The summed E-state index contributed by atoms with van der Waals surface area (Å²) in [5.74, 6) is 0.784. The van der Waals surface area contributed by atoms with Crippen LogP contribution in [0.1, 0.15) is 26.7 Å². The van der Waals surface area contributed by atoms with Crippen LogP contribution in [0, 0.1) is 5.92 Å². The molecule has 0 spiro atoms. The van der Waals surface area contributed by atoms with Gasteiger partial charge in [-0.1, -0.05) is 6.92 Å². The van der Waals surface area contributed by atoms with E-state index >= 15 is 0 Å². The molecule has 1 heterocycles. The molecule has 0 aliphatic carbocycles. The van der Waals surface area contributed by atoms with Crippen molar-refractivity contribution in [2.24, 2.45) is 5.92 Å². The highest BCUT2D eigenvalue weighted by atomic mass is 16.5. The summed E-state index contributed by atoms with van der Waals surface area (Å²) in [7, 11) is 1.65. The Morgan fingerprint density at radius 2 is 2.32 bits per heavy atom. The maximum atomic E-state index is 11.9. The lowest BCUT2D eigenvalue weighted by molar-refractivity contribution is -0.123. The third kappa shape index (κ3) is 6.89. The number of carbonyl (C=O) groups excluding carboxylic acids is 1. The van der Waals surface area contributed by atoms with Gasteiger partial charge in [0.1, 0.15) is 0 Å². The van der Waals surface area contributed by atoms with Crippen molar-refractivity contribution >= 4 is 5.91 Å². The summed E-state index contributed by atoms with van der Waals surface area (Å²) in [6, 6.07) is 0.0832. The highest BCUT2D eigenvalue weighted by molar-refractivity contribution is 5.78. The minimum Gasteiger partial charge on any atom is -0.383 e. The molecule has 1 saturated heterocycles. The minimum atomic E-state index is 0.0832. The molecule has 1 rings (SSSR count). The van der Waals surface area contributed by atoms with Gasteiger partial charge in [-0.05, 0) is 45.3 Å². The van der Waals surface area contributed by atoms with E-state index in [9.17, 15) is 4.79 Å². The average molecular weight is 271 g/mol. The van der Waals surface area contributed by atoms with E-state index in [0.29, 0.717) is 19.1 Å². The molecule has 0 radical (unpaired) electrons. The van der Waals surface area contributed by atoms with Crippen LogP contribution in [-0.2, 0) is 9.53 Å². The van der Waals surface area contributed by atoms with Gasteiger partial charge in [0, 0.05) is 19.7 Å². The van der Waals surface area contributed by atoms with Crippen LogP contribution in [0.3, 0.4) is 0 Å². The molecule has 0 saturated carbocycles. The van der Waals surface area contributed by atoms with E-state index in [1.54, 1.807) is 7.11 Å². The van der Waals surface area contributed by atoms with Crippen LogP contribution in [0.5, 0.6) is 0 Å². The molecule has 0 aromatic heterocycles. The summed E-state index contributed by atoms with van der Waals surface area (Å²) >= 11 is 0. The van der Waals surface area contributed by atoms with Gasteiger partial charge in [0.05, 0.1) is 13.2 Å². The first-order chi connectivity index (χ1) is 9.15. The second kappa shape index (κ2) is 9.28. The monoisotopic (exact) mass is 271 g/mol. The highest BCUT2D eigenvalue weighted by Crippen LogP contribution is 2.15. The zero-order valence-corrected chi connectivity index (χ0v) is 12.6. The molecule has 112 valence electrons. The molecule has 1 aliphatic rings. The summed E-state index contributed by atoms with van der Waals surface area (Å²) < 4.78 is 5.02. The number of methoxy groups -OCH3 is 1. The van der Waals surface area contributed by atoms with Crippen LogP contribution >= 0.6 is 0 Å². The summed E-state index contributed by atoms with van der Waals surface area (Å²) in [5, 5.41) is 6.36. The number of ether oxygens (including phenoxy) is 1. The van der Waals surface area contributed by atoms with Crippen molar-refractivity contribution < 1.29 is 9.53 Å². The molecule has 2 atom stereocenters. The van der Waals surface area contributed by atoms with Crippen LogP contribution < -0.4 is 10.6 Å². The third-order valence-electron chi connectivity index (χ3n) is 3.48. The van der Waals surface area contributed by atoms with Gasteiger partial charge in [0.25, 0.3) is 0 Å². The van der Waals surface area contributed by atoms with Crippen LogP contribution in [0.4, 0.5) is 0 Å². The fraction of sp³-hybridized carbons (Fsp3) is 0.929. The van der Waals surface area contributed by atoms with Crippen LogP contribution in [-0.4, -0.2) is 63.3 Å². The van der Waals surface area contributed by atoms with Gasteiger partial charge in [0.15, 0.2) is 0 Å². The number of hydrogen-bond donors (Lipinski definition) is 2. The van der Waals surface area contributed by atoms with Crippen molar-refractivity contribution in [3.63, 3.8) is 0 Å². The molecule has 5 heteroatoms. The zero-order valence-electron chi connectivity index (χ0n) is 12.6. The second-order valence-electron chi connectivity index (χ2n) is 5.47. The van der Waals surface area contributed by atoms with Crippen molar-refractivity contribution in [2.45, 2.75) is 32.7 Å². The molecule has 1 fully saturated rings. The fourth-order valence-corrected chi connectivity index (χ4v) is 2.63. The number of piperidine rings is 1. The van der Waals surface area contributed by atoms with E-state index in [2.05, 4.69) is 22.5 Å². The standard InChI is InChI=1S/C14H29N3O2/c1-4-15-8-13-6-5-7-17(9-13)10-14(18)16-12(2)11-19-3/h12-13,15H,4-11H2,1-3H3,(H,16,18). The van der Waals surface area contributed by atoms with Gasteiger partial charge in [-0.3, -0.25) is 9.69 Å². The number of rotatable bonds is 8. The highest BCUT2D eigenvalue weighted by Gasteiger charge is 2.21. The smallest absolute Gasteiger partial charge is 0.234 e. The summed E-state index contributed by atoms with van der Waals surface area (Å²) in [6.07, 6.45) is 2.46. The van der Waals surface area contributed by atoms with E-state index in [-0.39, 0.29) is 11.9 Å². The first-order valence-electron chi connectivity index (χ1n) is 7.37. The number of hydrogen-bond acceptors (Lipinski definition) is 4. The zero-order chi connectivity index (χ0) is 14.1. The Hall–Kier alpha value is -0.650. The first-order valence-corrected chi connectivity index (χ1v) is 7.37. The van der Waals surface area contributed by atoms with Crippen LogP contribution in [0.2, 0.25) is 0 Å². The largest absolute Gasteiger partial charge is 0.383 e. The van der Waals surface area contributed by atoms with E-state index < -0.39 is 0 Å². The maximum Gasteiger partial charge on any atom is 0.234 e. The Bertz CT molecular complexity index is 261. The normalized spacial score (nSPS) is 22.2. The molecule has 1 aliphatic heterocycles. The minimum absolute atomic E-state index is 0.0832. The van der Waals surface area contributed by atoms with Crippen molar-refractivity contribution in [1.82, 2.24) is 15.5 Å². The number of nitrogens with one attached hydrogen (secondary N) is 2. The molecule has 0 aromatic carbocycles. The van der Waals surface area contributed by atoms with Gasteiger partial charge >= 0.3 is 0 Å². The molecule has 0 bridgehead atoms. The Labute approximate surface area is 117 Å². The molecule has 1 amide bonds. The van der Waals surface area contributed by atoms with Crippen molar-refractivity contribution in [2.75, 3.05) is 46.4 Å². The summed E-state index contributed by atoms with van der Waals surface area (Å²) in [4.78, 5) is 14.2. The van der Waals surface area contributed by atoms with E-state index in [1.165, 1.54) is 12.8 Å². The van der Waals surface area contributed by atoms with Crippen molar-refractivity contribution in [3.05, 3.63) is 0 Å². The fourth-order valence-electron chi connectivity index (χ4n) is 2.63. The SMILES string of the molecule is CCNCC1CCCN(CC(=O)NC(C)COC)C1. The Morgan fingerprint density at radius 3 is 3.00 bits per heavy atom. The Balaban J connectivity index is 2.25. The van der Waals surface area contributed by atoms with E-state index in [4.69, 9.17) is 4.74 Å².